The summed E-state index contributed by atoms with van der Waals surface area (Å²) in [6.07, 6.45) is 3.27. The number of amides is 1. The number of piperidine rings is 1. The number of rotatable bonds is 5. The van der Waals surface area contributed by atoms with Crippen molar-refractivity contribution in [1.29, 1.82) is 0 Å². The second-order valence-electron chi connectivity index (χ2n) is 5.67. The number of ether oxygens (including phenoxy) is 1. The summed E-state index contributed by atoms with van der Waals surface area (Å²) < 4.78 is 5.30. The molecule has 2 aromatic heterocycles. The van der Waals surface area contributed by atoms with Crippen LogP contribution in [0.15, 0.2) is 29.8 Å². The highest BCUT2D eigenvalue weighted by Crippen LogP contribution is 2.32. The van der Waals surface area contributed by atoms with Crippen molar-refractivity contribution in [2.45, 2.75) is 12.8 Å². The summed E-state index contributed by atoms with van der Waals surface area (Å²) in [6.45, 7) is 2.08. The molecule has 6 nitrogen and oxygen atoms in total. The van der Waals surface area contributed by atoms with E-state index >= 15 is 0 Å². The van der Waals surface area contributed by atoms with Crippen LogP contribution in [-0.4, -0.2) is 42.7 Å². The van der Waals surface area contributed by atoms with Crippen molar-refractivity contribution >= 4 is 22.4 Å². The Morgan fingerprint density at radius 2 is 2.22 bits per heavy atom. The van der Waals surface area contributed by atoms with Gasteiger partial charge in [0.05, 0.1) is 17.7 Å². The van der Waals surface area contributed by atoms with Gasteiger partial charge in [-0.1, -0.05) is 6.07 Å². The van der Waals surface area contributed by atoms with Gasteiger partial charge in [-0.05, 0) is 38.1 Å². The minimum absolute atomic E-state index is 0.0113. The fraction of sp³-hybridized carbons (Fsp3) is 0.438. The standard InChI is InChI=1S/C16H20N4O2S/c1-22-11-16(5-8-17-9-6-16)14(21)20-15-19-13(10-23-15)12-4-2-3-7-18-12/h2-4,7,10,17H,5-6,8-9,11H2,1H3,(H,19,20,21). The Balaban J connectivity index is 1.73. The summed E-state index contributed by atoms with van der Waals surface area (Å²) in [5.74, 6) is -0.0113. The van der Waals surface area contributed by atoms with Gasteiger partial charge in [0.25, 0.3) is 0 Å². The third-order valence-electron chi connectivity index (χ3n) is 4.11. The summed E-state index contributed by atoms with van der Waals surface area (Å²) >= 11 is 1.41. The molecule has 3 rings (SSSR count). The topological polar surface area (TPSA) is 76.1 Å². The van der Waals surface area contributed by atoms with Gasteiger partial charge in [0.2, 0.25) is 5.91 Å². The van der Waals surface area contributed by atoms with Crippen LogP contribution in [0.3, 0.4) is 0 Å². The van der Waals surface area contributed by atoms with Gasteiger partial charge in [-0.2, -0.15) is 0 Å². The van der Waals surface area contributed by atoms with Gasteiger partial charge >= 0.3 is 0 Å². The smallest absolute Gasteiger partial charge is 0.234 e. The van der Waals surface area contributed by atoms with Crippen molar-refractivity contribution in [1.82, 2.24) is 15.3 Å². The first-order chi connectivity index (χ1) is 11.2. The molecular weight excluding hydrogens is 312 g/mol. The number of carbonyl (C=O) groups is 1. The van der Waals surface area contributed by atoms with Crippen molar-refractivity contribution in [2.24, 2.45) is 5.41 Å². The van der Waals surface area contributed by atoms with E-state index < -0.39 is 5.41 Å². The monoisotopic (exact) mass is 332 g/mol. The lowest BCUT2D eigenvalue weighted by atomic mass is 9.79. The molecule has 1 aliphatic rings. The summed E-state index contributed by atoms with van der Waals surface area (Å²) in [4.78, 5) is 21.5. The molecule has 1 aliphatic heterocycles. The summed E-state index contributed by atoms with van der Waals surface area (Å²) in [5.41, 5.74) is 1.10. The lowest BCUT2D eigenvalue weighted by Gasteiger charge is -2.35. The van der Waals surface area contributed by atoms with E-state index in [2.05, 4.69) is 20.6 Å². The minimum Gasteiger partial charge on any atom is -0.384 e. The number of aromatic nitrogens is 2. The van der Waals surface area contributed by atoms with E-state index in [9.17, 15) is 4.79 Å². The van der Waals surface area contributed by atoms with Gasteiger partial charge in [0.15, 0.2) is 5.13 Å². The molecule has 0 bridgehead atoms. The van der Waals surface area contributed by atoms with E-state index in [1.54, 1.807) is 13.3 Å². The molecule has 0 unspecified atom stereocenters. The number of nitrogens with one attached hydrogen (secondary N) is 2. The normalized spacial score (nSPS) is 16.9. The zero-order chi connectivity index (χ0) is 16.1. The van der Waals surface area contributed by atoms with Gasteiger partial charge < -0.3 is 15.4 Å². The molecule has 0 aromatic carbocycles. The summed E-state index contributed by atoms with van der Waals surface area (Å²) in [5, 5.41) is 8.75. The zero-order valence-corrected chi connectivity index (χ0v) is 13.9. The molecule has 0 atom stereocenters. The Hall–Kier alpha value is -1.83. The Morgan fingerprint density at radius 1 is 1.39 bits per heavy atom. The molecule has 0 spiro atoms. The van der Waals surface area contributed by atoms with Gasteiger partial charge in [-0.3, -0.25) is 9.78 Å². The number of thiazole rings is 1. The zero-order valence-electron chi connectivity index (χ0n) is 13.0. The second kappa shape index (κ2) is 7.16. The second-order valence-corrected chi connectivity index (χ2v) is 6.53. The summed E-state index contributed by atoms with van der Waals surface area (Å²) in [7, 11) is 1.64. The molecule has 2 aromatic rings. The maximum absolute atomic E-state index is 12.8. The Bertz CT molecular complexity index is 648. The molecule has 0 radical (unpaired) electrons. The third kappa shape index (κ3) is 3.57. The number of hydrogen-bond donors (Lipinski definition) is 2. The van der Waals surface area contributed by atoms with Crippen LogP contribution in [0.4, 0.5) is 5.13 Å². The minimum atomic E-state index is -0.475. The Morgan fingerprint density at radius 3 is 2.91 bits per heavy atom. The lowest BCUT2D eigenvalue weighted by molar-refractivity contribution is -0.130. The number of pyridine rings is 1. The van der Waals surface area contributed by atoms with E-state index in [1.807, 2.05) is 23.6 Å². The first kappa shape index (κ1) is 16.0. The van der Waals surface area contributed by atoms with Crippen LogP contribution in [-0.2, 0) is 9.53 Å². The van der Waals surface area contributed by atoms with Crippen LogP contribution in [0, 0.1) is 5.41 Å². The van der Waals surface area contributed by atoms with Crippen LogP contribution < -0.4 is 10.6 Å². The summed E-state index contributed by atoms with van der Waals surface area (Å²) in [6, 6.07) is 5.69. The quantitative estimate of drug-likeness (QED) is 0.877. The highest BCUT2D eigenvalue weighted by atomic mass is 32.1. The molecule has 0 aliphatic carbocycles. The van der Waals surface area contributed by atoms with Crippen molar-refractivity contribution in [3.63, 3.8) is 0 Å². The van der Waals surface area contributed by atoms with Crippen molar-refractivity contribution in [2.75, 3.05) is 32.1 Å². The van der Waals surface area contributed by atoms with Crippen LogP contribution in [0.1, 0.15) is 12.8 Å². The predicted octanol–water partition coefficient (Wildman–Crippen LogP) is 2.16. The average Bonchev–Trinajstić information content (AvgIpc) is 3.05. The maximum Gasteiger partial charge on any atom is 0.234 e. The van der Waals surface area contributed by atoms with Gasteiger partial charge in [0.1, 0.15) is 5.69 Å². The van der Waals surface area contributed by atoms with E-state index in [1.165, 1.54) is 11.3 Å². The van der Waals surface area contributed by atoms with E-state index in [4.69, 9.17) is 4.74 Å². The fourth-order valence-electron chi connectivity index (χ4n) is 2.81. The SMILES string of the molecule is COCC1(C(=O)Nc2nc(-c3ccccn3)cs2)CCNCC1. The maximum atomic E-state index is 12.8. The van der Waals surface area contributed by atoms with Crippen molar-refractivity contribution in [3.05, 3.63) is 29.8 Å². The van der Waals surface area contributed by atoms with Crippen LogP contribution in [0.2, 0.25) is 0 Å². The molecule has 7 heteroatoms. The van der Waals surface area contributed by atoms with E-state index in [0.29, 0.717) is 11.7 Å². The molecule has 122 valence electrons. The van der Waals surface area contributed by atoms with Crippen LogP contribution >= 0.6 is 11.3 Å². The molecule has 1 fully saturated rings. The number of nitrogens with zero attached hydrogens (tertiary/aromatic N) is 2. The number of anilines is 1. The van der Waals surface area contributed by atoms with E-state index in [-0.39, 0.29) is 5.91 Å². The number of hydrogen-bond acceptors (Lipinski definition) is 6. The Labute approximate surface area is 139 Å². The third-order valence-corrected chi connectivity index (χ3v) is 4.87. The van der Waals surface area contributed by atoms with Crippen LogP contribution in [0.25, 0.3) is 11.4 Å². The van der Waals surface area contributed by atoms with Crippen molar-refractivity contribution < 1.29 is 9.53 Å². The molecule has 23 heavy (non-hydrogen) atoms. The lowest BCUT2D eigenvalue weighted by Crippen LogP contribution is -2.47. The first-order valence-corrected chi connectivity index (χ1v) is 8.49. The molecular formula is C16H20N4O2S. The van der Waals surface area contributed by atoms with Gasteiger partial charge in [-0.15, -0.1) is 11.3 Å². The van der Waals surface area contributed by atoms with Gasteiger partial charge in [0, 0.05) is 18.7 Å². The number of carbonyl (C=O) groups excluding carboxylic acids is 1. The molecule has 1 saturated heterocycles. The van der Waals surface area contributed by atoms with Crippen LogP contribution in [0.5, 0.6) is 0 Å². The van der Waals surface area contributed by atoms with E-state index in [0.717, 1.165) is 37.3 Å². The highest BCUT2D eigenvalue weighted by Gasteiger charge is 2.40. The van der Waals surface area contributed by atoms with Gasteiger partial charge in [-0.25, -0.2) is 4.98 Å². The first-order valence-electron chi connectivity index (χ1n) is 7.62. The Kier molecular flexibility index (Phi) is 5.00. The molecule has 0 saturated carbocycles. The molecule has 2 N–H and O–H groups in total. The average molecular weight is 332 g/mol. The molecule has 1 amide bonds. The highest BCUT2D eigenvalue weighted by molar-refractivity contribution is 7.14. The predicted molar refractivity (Wildman–Crippen MR) is 90.4 cm³/mol. The number of methoxy groups -OCH3 is 1. The largest absolute Gasteiger partial charge is 0.384 e. The molecule has 3 heterocycles. The fourth-order valence-corrected chi connectivity index (χ4v) is 3.51. The van der Waals surface area contributed by atoms with Crippen molar-refractivity contribution in [3.8, 4) is 11.4 Å².